The Morgan fingerprint density at radius 3 is 1.61 bits per heavy atom. The quantitative estimate of drug-likeness (QED) is 0.0635. The topological polar surface area (TPSA) is 0 Å². The highest BCUT2D eigenvalue weighted by Crippen LogP contribution is 2.63. The lowest BCUT2D eigenvalue weighted by atomic mass is 9.37. The summed E-state index contributed by atoms with van der Waals surface area (Å²) >= 11 is 0. The molecule has 0 amide bonds. The molecular formula is C37H30BF10P. The van der Waals surface area contributed by atoms with Crippen LogP contribution in [0.2, 0.25) is 0 Å². The largest absolute Gasteiger partial charge is 0.258 e. The van der Waals surface area contributed by atoms with E-state index in [2.05, 4.69) is 11.6 Å². The van der Waals surface area contributed by atoms with E-state index in [9.17, 15) is 26.3 Å². The van der Waals surface area contributed by atoms with Gasteiger partial charge in [0.15, 0.2) is 58.2 Å². The minimum atomic E-state index is -3.58. The summed E-state index contributed by atoms with van der Waals surface area (Å²) in [4.78, 5) is 0. The Hall–Kier alpha value is -3.64. The summed E-state index contributed by atoms with van der Waals surface area (Å²) in [6.45, 7) is -0.834. The van der Waals surface area contributed by atoms with E-state index in [1.807, 2.05) is 25.1 Å². The van der Waals surface area contributed by atoms with Crippen molar-refractivity contribution in [2.45, 2.75) is 77.8 Å². The molecule has 3 aliphatic rings. The highest BCUT2D eigenvalue weighted by atomic mass is 31.2. The van der Waals surface area contributed by atoms with Gasteiger partial charge in [-0.25, -0.2) is 43.9 Å². The molecule has 0 aromatic heterocycles. The van der Waals surface area contributed by atoms with Gasteiger partial charge in [0, 0.05) is 16.6 Å². The first-order valence-corrected chi connectivity index (χ1v) is 17.9. The van der Waals surface area contributed by atoms with Crippen molar-refractivity contribution in [1.82, 2.24) is 0 Å². The maximum Gasteiger partial charge on any atom is 0.258 e. The molecule has 12 heteroatoms. The van der Waals surface area contributed by atoms with E-state index in [-0.39, 0.29) is 5.19 Å². The highest BCUT2D eigenvalue weighted by Gasteiger charge is 2.49. The number of hydrogen-bond acceptors (Lipinski definition) is 0. The summed E-state index contributed by atoms with van der Waals surface area (Å²) in [5, 5.41) is 0.354. The minimum absolute atomic E-state index is 0.222. The molecule has 3 aromatic rings. The van der Waals surface area contributed by atoms with Crippen LogP contribution in [0.4, 0.5) is 43.9 Å². The van der Waals surface area contributed by atoms with Crippen molar-refractivity contribution in [3.63, 3.8) is 0 Å². The van der Waals surface area contributed by atoms with Gasteiger partial charge in [0.25, 0.3) is 6.71 Å². The number of aryl methyl sites for hydroxylation is 3. The van der Waals surface area contributed by atoms with Gasteiger partial charge in [-0.15, -0.1) is 0 Å². The number of allylic oxidation sites excluding steroid dienone is 4. The van der Waals surface area contributed by atoms with Crippen molar-refractivity contribution >= 4 is 35.0 Å². The average molecular weight is 706 g/mol. The van der Waals surface area contributed by atoms with E-state index in [0.717, 1.165) is 30.4 Å². The van der Waals surface area contributed by atoms with Gasteiger partial charge >= 0.3 is 0 Å². The van der Waals surface area contributed by atoms with Gasteiger partial charge in [0.05, 0.1) is 0 Å². The molecule has 6 rings (SSSR count). The fraction of sp³-hybridized carbons (Fsp3) is 0.324. The fourth-order valence-corrected chi connectivity index (χ4v) is 13.1. The van der Waals surface area contributed by atoms with Gasteiger partial charge in [0.2, 0.25) is 0 Å². The second-order valence-electron chi connectivity index (χ2n) is 13.0. The molecule has 2 aliphatic carbocycles. The van der Waals surface area contributed by atoms with Gasteiger partial charge in [-0.05, 0) is 94.6 Å². The van der Waals surface area contributed by atoms with Crippen molar-refractivity contribution in [3.8, 4) is 11.6 Å². The zero-order valence-corrected chi connectivity index (χ0v) is 27.7. The van der Waals surface area contributed by atoms with Gasteiger partial charge in [-0.3, -0.25) is 0 Å². The lowest BCUT2D eigenvalue weighted by Gasteiger charge is -2.36. The highest BCUT2D eigenvalue weighted by molar-refractivity contribution is 7.92. The third kappa shape index (κ3) is 5.59. The lowest BCUT2D eigenvalue weighted by molar-refractivity contribution is 0.382. The fourth-order valence-electron chi connectivity index (χ4n) is 7.90. The van der Waals surface area contributed by atoms with E-state index in [4.69, 9.17) is 0 Å². The third-order valence-electron chi connectivity index (χ3n) is 9.86. The summed E-state index contributed by atoms with van der Waals surface area (Å²) in [6.07, 6.45) is 8.69. The van der Waals surface area contributed by atoms with E-state index >= 15 is 17.6 Å². The Morgan fingerprint density at radius 2 is 1.12 bits per heavy atom. The minimum Gasteiger partial charge on any atom is -0.204 e. The van der Waals surface area contributed by atoms with E-state index in [1.54, 1.807) is 13.8 Å². The maximum atomic E-state index is 16.0. The zero-order valence-electron chi connectivity index (χ0n) is 26.8. The first-order valence-electron chi connectivity index (χ1n) is 16.0. The molecule has 256 valence electrons. The molecule has 1 saturated carbocycles. The number of hydrogen-bond donors (Lipinski definition) is 0. The molecule has 1 fully saturated rings. The summed E-state index contributed by atoms with van der Waals surface area (Å²) < 4.78 is 152. The lowest BCUT2D eigenvalue weighted by Crippen LogP contribution is -2.56. The van der Waals surface area contributed by atoms with Crippen LogP contribution in [0.3, 0.4) is 0 Å². The maximum absolute atomic E-state index is 16.0. The van der Waals surface area contributed by atoms with Crippen LogP contribution in [0.1, 0.15) is 68.1 Å². The average Bonchev–Trinajstić information content (AvgIpc) is 3.40. The number of fused-ring (bicyclic) bond motifs is 1. The van der Waals surface area contributed by atoms with Crippen molar-refractivity contribution in [1.29, 1.82) is 0 Å². The summed E-state index contributed by atoms with van der Waals surface area (Å²) in [7, 11) is 0. The second-order valence-corrected chi connectivity index (χ2v) is 16.2. The molecule has 0 saturated heterocycles. The van der Waals surface area contributed by atoms with E-state index < -0.39 is 88.4 Å². The first-order chi connectivity index (χ1) is 23.2. The molecule has 0 nitrogen and oxygen atoms in total. The van der Waals surface area contributed by atoms with Crippen LogP contribution in [-0.2, 0) is 0 Å². The normalized spacial score (nSPS) is 20.4. The number of halogens is 10. The molecule has 0 N–H and O–H groups in total. The molecule has 1 aliphatic heterocycles. The van der Waals surface area contributed by atoms with Crippen LogP contribution in [0.5, 0.6) is 0 Å². The van der Waals surface area contributed by atoms with Crippen LogP contribution >= 0.6 is 6.89 Å². The molecule has 1 heterocycles. The van der Waals surface area contributed by atoms with Crippen molar-refractivity contribution in [2.75, 3.05) is 0 Å². The Kier molecular flexibility index (Phi) is 9.51. The van der Waals surface area contributed by atoms with Crippen LogP contribution in [0.15, 0.2) is 35.4 Å². The summed E-state index contributed by atoms with van der Waals surface area (Å²) in [5.41, 5.74) is 3.06. The molecule has 0 spiro atoms. The van der Waals surface area contributed by atoms with Gasteiger partial charge < -0.3 is 0 Å². The Labute approximate surface area is 278 Å². The number of benzene rings is 3. The van der Waals surface area contributed by atoms with Crippen molar-refractivity contribution < 1.29 is 43.9 Å². The standard InChI is InChI=1S/C37H30BF10P/c1-18-15-19(2)37(20(3)16-18)49(14-13-21-9-5-4-6-10-21)23-12-8-7-11-22(23)17-24(49)38(25-27(39)31(43)35(47)32(44)28(25)40)26-29(41)33(45)36(48)34(46)30(26)42/h9,15-17,23H,4-8,10-12H2,1-3H3. The van der Waals surface area contributed by atoms with E-state index in [1.165, 1.54) is 6.08 Å². The van der Waals surface area contributed by atoms with Gasteiger partial charge in [0.1, 0.15) is 0 Å². The SMILES string of the molecule is Cc1cc(C)c(P2(C#CC3=CCCCC3)=C(B(c3c(F)c(F)c(F)c(F)c3F)c3c(F)c(F)c(F)c(F)c3F)C=C3CCCCC32)c(C)c1. The number of rotatable bonds is 4. The zero-order chi connectivity index (χ0) is 35.5. The Morgan fingerprint density at radius 1 is 0.633 bits per heavy atom. The third-order valence-corrected chi connectivity index (χ3v) is 14.5. The summed E-state index contributed by atoms with van der Waals surface area (Å²) in [6, 6.07) is 3.66. The van der Waals surface area contributed by atoms with Crippen LogP contribution in [0.25, 0.3) is 0 Å². The molecule has 2 unspecified atom stereocenters. The predicted octanol–water partition coefficient (Wildman–Crippen LogP) is 9.01. The molecule has 3 aromatic carbocycles. The second kappa shape index (κ2) is 13.2. The van der Waals surface area contributed by atoms with Crippen molar-refractivity contribution in [3.05, 3.63) is 110 Å². The van der Waals surface area contributed by atoms with Gasteiger partial charge in [-0.2, -0.15) is 0 Å². The Bertz CT molecular complexity index is 1950. The van der Waals surface area contributed by atoms with Crippen LogP contribution < -0.4 is 16.2 Å². The van der Waals surface area contributed by atoms with Crippen LogP contribution in [0, 0.1) is 90.5 Å². The predicted molar refractivity (Wildman–Crippen MR) is 174 cm³/mol. The molecule has 0 radical (unpaired) electrons. The molecule has 0 bridgehead atoms. The molecule has 49 heavy (non-hydrogen) atoms. The first kappa shape index (κ1) is 35.2. The molecular weight excluding hydrogens is 676 g/mol. The Balaban J connectivity index is 1.91. The van der Waals surface area contributed by atoms with Crippen molar-refractivity contribution in [2.24, 2.45) is 0 Å². The van der Waals surface area contributed by atoms with E-state index in [0.29, 0.717) is 54.1 Å². The monoisotopic (exact) mass is 706 g/mol. The van der Waals surface area contributed by atoms with Gasteiger partial charge in [-0.1, -0.05) is 58.6 Å². The summed E-state index contributed by atoms with van der Waals surface area (Å²) in [5.74, 6) is -21.3. The van der Waals surface area contributed by atoms with Crippen LogP contribution in [-0.4, -0.2) is 17.6 Å². The molecule has 2 atom stereocenters. The smallest absolute Gasteiger partial charge is 0.204 e.